The van der Waals surface area contributed by atoms with Crippen molar-refractivity contribution in [1.29, 1.82) is 0 Å². The Kier molecular flexibility index (Phi) is 4.69. The van der Waals surface area contributed by atoms with Gasteiger partial charge in [-0.1, -0.05) is 17.7 Å². The standard InChI is InChI=1S/C25H24O5/c1-14(2)5-6-16-11-15(7-8-19(16)26)18-13-29-21-12-20-17(9-10-25(3,4)30-20)23(27)22(21)24(18)28/h5,7-13,26-27H,6H2,1-4H3. The van der Waals surface area contributed by atoms with E-state index in [2.05, 4.69) is 0 Å². The van der Waals surface area contributed by atoms with E-state index in [0.717, 1.165) is 5.57 Å². The Balaban J connectivity index is 1.88. The number of fused-ring (bicyclic) bond motifs is 2. The molecule has 0 amide bonds. The molecule has 0 atom stereocenters. The van der Waals surface area contributed by atoms with Gasteiger partial charge in [0.25, 0.3) is 0 Å². The highest BCUT2D eigenvalue weighted by Gasteiger charge is 2.26. The van der Waals surface area contributed by atoms with Crippen molar-refractivity contribution in [1.82, 2.24) is 0 Å². The molecule has 154 valence electrons. The Morgan fingerprint density at radius 2 is 1.93 bits per heavy atom. The Bertz CT molecular complexity index is 1270. The average molecular weight is 404 g/mol. The molecular weight excluding hydrogens is 380 g/mol. The minimum Gasteiger partial charge on any atom is -0.508 e. The van der Waals surface area contributed by atoms with Crippen LogP contribution in [0.5, 0.6) is 17.2 Å². The van der Waals surface area contributed by atoms with Gasteiger partial charge in [0.15, 0.2) is 0 Å². The first-order valence-electron chi connectivity index (χ1n) is 9.81. The summed E-state index contributed by atoms with van der Waals surface area (Å²) in [6.07, 6.45) is 7.54. The molecule has 5 nitrogen and oxygen atoms in total. The first-order chi connectivity index (χ1) is 14.2. The molecule has 5 heteroatoms. The highest BCUT2D eigenvalue weighted by atomic mass is 16.5. The summed E-state index contributed by atoms with van der Waals surface area (Å²) in [4.78, 5) is 13.3. The third-order valence-corrected chi connectivity index (χ3v) is 5.19. The smallest absolute Gasteiger partial charge is 0.204 e. The second kappa shape index (κ2) is 7.10. The molecule has 2 N–H and O–H groups in total. The maximum absolute atomic E-state index is 13.3. The van der Waals surface area contributed by atoms with E-state index >= 15 is 0 Å². The summed E-state index contributed by atoms with van der Waals surface area (Å²) in [5.74, 6) is 0.480. The summed E-state index contributed by atoms with van der Waals surface area (Å²) in [5, 5.41) is 21.1. The van der Waals surface area contributed by atoms with E-state index in [1.54, 1.807) is 30.3 Å². The number of benzene rings is 2. The molecule has 0 aliphatic carbocycles. The Morgan fingerprint density at radius 3 is 2.67 bits per heavy atom. The van der Waals surface area contributed by atoms with Gasteiger partial charge in [0.05, 0.1) is 11.1 Å². The SMILES string of the molecule is CC(C)=CCc1cc(-c2coc3cc4c(c(O)c3c2=O)C=CC(C)(C)O4)ccc1O. The fraction of sp³-hybridized carbons (Fsp3) is 0.240. The van der Waals surface area contributed by atoms with Crippen molar-refractivity contribution in [2.24, 2.45) is 0 Å². The van der Waals surface area contributed by atoms with E-state index in [4.69, 9.17) is 9.15 Å². The molecule has 2 heterocycles. The normalized spacial score (nSPS) is 14.3. The number of allylic oxidation sites excluding steroid dienone is 2. The number of aromatic hydroxyl groups is 2. The molecule has 0 saturated heterocycles. The van der Waals surface area contributed by atoms with Crippen LogP contribution in [0.3, 0.4) is 0 Å². The van der Waals surface area contributed by atoms with Gasteiger partial charge in [-0.25, -0.2) is 0 Å². The lowest BCUT2D eigenvalue weighted by Crippen LogP contribution is -2.27. The highest BCUT2D eigenvalue weighted by Crippen LogP contribution is 2.41. The number of phenolic OH excluding ortho intramolecular Hbond substituents is 2. The number of hydrogen-bond acceptors (Lipinski definition) is 5. The lowest BCUT2D eigenvalue weighted by Gasteiger charge is -2.28. The summed E-state index contributed by atoms with van der Waals surface area (Å²) >= 11 is 0. The second-order valence-electron chi connectivity index (χ2n) is 8.36. The maximum Gasteiger partial charge on any atom is 0.204 e. The average Bonchev–Trinajstić information content (AvgIpc) is 2.66. The summed E-state index contributed by atoms with van der Waals surface area (Å²) < 4.78 is 11.6. The van der Waals surface area contributed by atoms with Crippen LogP contribution in [0.15, 0.2) is 57.5 Å². The Morgan fingerprint density at radius 1 is 1.17 bits per heavy atom. The first kappa shape index (κ1) is 19.8. The van der Waals surface area contributed by atoms with Gasteiger partial charge in [0.1, 0.15) is 40.1 Å². The Labute approximate surface area is 174 Å². The van der Waals surface area contributed by atoms with E-state index in [0.29, 0.717) is 34.4 Å². The van der Waals surface area contributed by atoms with E-state index < -0.39 is 5.60 Å². The number of phenols is 2. The lowest BCUT2D eigenvalue weighted by molar-refractivity contribution is 0.158. The van der Waals surface area contributed by atoms with Crippen LogP contribution in [0.2, 0.25) is 0 Å². The van der Waals surface area contributed by atoms with Crippen molar-refractivity contribution < 1.29 is 19.4 Å². The van der Waals surface area contributed by atoms with Gasteiger partial charge in [0, 0.05) is 6.07 Å². The molecule has 0 bridgehead atoms. The summed E-state index contributed by atoms with van der Waals surface area (Å²) in [6, 6.07) is 6.64. The highest BCUT2D eigenvalue weighted by molar-refractivity contribution is 5.93. The molecule has 0 fully saturated rings. The largest absolute Gasteiger partial charge is 0.508 e. The van der Waals surface area contributed by atoms with E-state index in [9.17, 15) is 15.0 Å². The predicted octanol–water partition coefficient (Wildman–Crippen LogP) is 5.56. The molecule has 1 aliphatic heterocycles. The van der Waals surface area contributed by atoms with E-state index in [1.165, 1.54) is 6.26 Å². The van der Waals surface area contributed by atoms with Gasteiger partial charge in [-0.15, -0.1) is 0 Å². The van der Waals surface area contributed by atoms with Gasteiger partial charge >= 0.3 is 0 Å². The third kappa shape index (κ3) is 3.47. The number of rotatable bonds is 3. The summed E-state index contributed by atoms with van der Waals surface area (Å²) in [7, 11) is 0. The van der Waals surface area contributed by atoms with Crippen molar-refractivity contribution in [2.45, 2.75) is 39.7 Å². The zero-order valence-electron chi connectivity index (χ0n) is 17.4. The van der Waals surface area contributed by atoms with Crippen LogP contribution in [0, 0.1) is 0 Å². The predicted molar refractivity (Wildman–Crippen MR) is 118 cm³/mol. The minimum absolute atomic E-state index is 0.109. The summed E-state index contributed by atoms with van der Waals surface area (Å²) in [6.45, 7) is 7.79. The minimum atomic E-state index is -0.513. The molecule has 1 aliphatic rings. The molecular formula is C25H24O5. The molecule has 3 aromatic rings. The van der Waals surface area contributed by atoms with Crippen molar-refractivity contribution >= 4 is 17.0 Å². The Hall–Kier alpha value is -3.47. The third-order valence-electron chi connectivity index (χ3n) is 5.19. The number of ether oxygens (including phenoxy) is 1. The maximum atomic E-state index is 13.3. The van der Waals surface area contributed by atoms with Crippen molar-refractivity contribution in [3.8, 4) is 28.4 Å². The second-order valence-corrected chi connectivity index (χ2v) is 8.36. The summed E-state index contributed by atoms with van der Waals surface area (Å²) in [5.41, 5.74) is 2.65. The monoisotopic (exact) mass is 404 g/mol. The van der Waals surface area contributed by atoms with E-state index in [1.807, 2.05) is 39.8 Å². The fourth-order valence-corrected chi connectivity index (χ4v) is 3.54. The van der Waals surface area contributed by atoms with Gasteiger partial charge in [-0.2, -0.15) is 0 Å². The van der Waals surface area contributed by atoms with Crippen molar-refractivity contribution in [3.63, 3.8) is 0 Å². The molecule has 2 aromatic carbocycles. The van der Waals surface area contributed by atoms with Crippen LogP contribution in [0.25, 0.3) is 28.2 Å². The molecule has 0 unspecified atom stereocenters. The van der Waals surface area contributed by atoms with Gasteiger partial charge in [-0.05, 0) is 69.5 Å². The van der Waals surface area contributed by atoms with Crippen LogP contribution in [-0.4, -0.2) is 15.8 Å². The quantitative estimate of drug-likeness (QED) is 0.558. The molecule has 0 radical (unpaired) electrons. The van der Waals surface area contributed by atoms with Crippen LogP contribution >= 0.6 is 0 Å². The van der Waals surface area contributed by atoms with E-state index in [-0.39, 0.29) is 27.9 Å². The molecule has 30 heavy (non-hydrogen) atoms. The first-order valence-corrected chi connectivity index (χ1v) is 9.81. The topological polar surface area (TPSA) is 79.9 Å². The van der Waals surface area contributed by atoms with Crippen LogP contribution in [0.4, 0.5) is 0 Å². The van der Waals surface area contributed by atoms with Crippen LogP contribution in [-0.2, 0) is 6.42 Å². The molecule has 0 saturated carbocycles. The van der Waals surface area contributed by atoms with Gasteiger partial charge < -0.3 is 19.4 Å². The zero-order chi connectivity index (χ0) is 21.6. The zero-order valence-corrected chi connectivity index (χ0v) is 17.4. The molecule has 0 spiro atoms. The molecule has 1 aromatic heterocycles. The van der Waals surface area contributed by atoms with Crippen LogP contribution < -0.4 is 10.2 Å². The van der Waals surface area contributed by atoms with Crippen molar-refractivity contribution in [2.75, 3.05) is 0 Å². The van der Waals surface area contributed by atoms with Crippen molar-refractivity contribution in [3.05, 3.63) is 69.6 Å². The fourth-order valence-electron chi connectivity index (χ4n) is 3.54. The number of hydrogen-bond donors (Lipinski definition) is 2. The molecule has 4 rings (SSSR count). The lowest BCUT2D eigenvalue weighted by atomic mass is 9.97. The van der Waals surface area contributed by atoms with Gasteiger partial charge in [-0.3, -0.25) is 4.79 Å². The van der Waals surface area contributed by atoms with Gasteiger partial charge in [0.2, 0.25) is 5.43 Å². The van der Waals surface area contributed by atoms with Crippen LogP contribution in [0.1, 0.15) is 38.8 Å².